The Hall–Kier alpha value is -0.730. The van der Waals surface area contributed by atoms with Gasteiger partial charge < -0.3 is 10.2 Å². The third-order valence-electron chi connectivity index (χ3n) is 3.75. The molecule has 0 saturated carbocycles. The van der Waals surface area contributed by atoms with Crippen LogP contribution in [0.3, 0.4) is 0 Å². The molecule has 1 N–H and O–H groups in total. The number of rotatable bonds is 4. The van der Waals surface area contributed by atoms with Gasteiger partial charge in [-0.15, -0.1) is 0 Å². The van der Waals surface area contributed by atoms with Crippen LogP contribution in [0.25, 0.3) is 0 Å². The Morgan fingerprint density at radius 1 is 1.33 bits per heavy atom. The number of halogens is 1. The van der Waals surface area contributed by atoms with Gasteiger partial charge in [0.1, 0.15) is 0 Å². The second-order valence-corrected chi connectivity index (χ2v) is 5.63. The third-order valence-corrected chi connectivity index (χ3v) is 4.10. The number of nitrogens with zero attached hydrogens (tertiary/aromatic N) is 1. The molecule has 1 heterocycles. The van der Waals surface area contributed by atoms with E-state index < -0.39 is 0 Å². The summed E-state index contributed by atoms with van der Waals surface area (Å²) in [7, 11) is 0. The molecule has 0 radical (unpaired) electrons. The fraction of sp³-hybridized carbons (Fsp3) is 0.600. The number of nitrogens with one attached hydrogen (secondary N) is 1. The maximum absolute atomic E-state index is 6.35. The van der Waals surface area contributed by atoms with Crippen LogP contribution < -0.4 is 10.2 Å². The number of anilines is 1. The van der Waals surface area contributed by atoms with Crippen LogP contribution >= 0.6 is 11.6 Å². The molecule has 0 unspecified atom stereocenters. The summed E-state index contributed by atoms with van der Waals surface area (Å²) < 4.78 is 0. The molecule has 18 heavy (non-hydrogen) atoms. The zero-order chi connectivity index (χ0) is 13.0. The van der Waals surface area contributed by atoms with Gasteiger partial charge in [-0.05, 0) is 43.0 Å². The predicted octanol–water partition coefficient (Wildman–Crippen LogP) is 3.69. The van der Waals surface area contributed by atoms with Gasteiger partial charge in [-0.3, -0.25) is 0 Å². The van der Waals surface area contributed by atoms with E-state index in [1.807, 2.05) is 0 Å². The van der Waals surface area contributed by atoms with E-state index in [1.54, 1.807) is 0 Å². The smallest absolute Gasteiger partial charge is 0.0471 e. The second-order valence-electron chi connectivity index (χ2n) is 5.23. The summed E-state index contributed by atoms with van der Waals surface area (Å²) in [6, 6.07) is 6.47. The summed E-state index contributed by atoms with van der Waals surface area (Å²) in [5, 5.41) is 4.19. The second kappa shape index (κ2) is 6.44. The molecule has 0 aromatic heterocycles. The largest absolute Gasteiger partial charge is 0.371 e. The lowest BCUT2D eigenvalue weighted by molar-refractivity contribution is 0.438. The first kappa shape index (κ1) is 13.7. The first-order valence-corrected chi connectivity index (χ1v) is 7.32. The van der Waals surface area contributed by atoms with Gasteiger partial charge in [0.05, 0.1) is 0 Å². The number of piperidine rings is 1. The van der Waals surface area contributed by atoms with E-state index >= 15 is 0 Å². The topological polar surface area (TPSA) is 15.3 Å². The summed E-state index contributed by atoms with van der Waals surface area (Å²) in [5.74, 6) is 0.866. The van der Waals surface area contributed by atoms with Crippen molar-refractivity contribution in [1.82, 2.24) is 5.32 Å². The SMILES string of the molecule is CCNCc1ccc(N2CCC(C)CC2)cc1Cl. The average molecular weight is 267 g/mol. The lowest BCUT2D eigenvalue weighted by atomic mass is 9.98. The van der Waals surface area contributed by atoms with Crippen molar-refractivity contribution in [3.05, 3.63) is 28.8 Å². The minimum atomic E-state index is 0.854. The molecule has 2 rings (SSSR count). The molecule has 1 fully saturated rings. The van der Waals surface area contributed by atoms with Crippen molar-refractivity contribution >= 4 is 17.3 Å². The van der Waals surface area contributed by atoms with E-state index in [9.17, 15) is 0 Å². The minimum Gasteiger partial charge on any atom is -0.371 e. The molecule has 3 heteroatoms. The van der Waals surface area contributed by atoms with Gasteiger partial charge in [-0.25, -0.2) is 0 Å². The van der Waals surface area contributed by atoms with E-state index in [-0.39, 0.29) is 0 Å². The van der Waals surface area contributed by atoms with Gasteiger partial charge in [-0.2, -0.15) is 0 Å². The molecular formula is C15H23ClN2. The van der Waals surface area contributed by atoms with Gasteiger partial charge in [-0.1, -0.05) is 31.5 Å². The standard InChI is InChI=1S/C15H23ClN2/c1-3-17-11-13-4-5-14(10-15(13)16)18-8-6-12(2)7-9-18/h4-5,10,12,17H,3,6-9,11H2,1-2H3. The summed E-state index contributed by atoms with van der Waals surface area (Å²) in [5.41, 5.74) is 2.46. The Morgan fingerprint density at radius 3 is 2.67 bits per heavy atom. The first-order chi connectivity index (χ1) is 8.70. The average Bonchev–Trinajstić information content (AvgIpc) is 2.38. The molecule has 1 aliphatic heterocycles. The molecule has 1 aliphatic rings. The Morgan fingerprint density at radius 2 is 2.06 bits per heavy atom. The Balaban J connectivity index is 2.04. The Bertz CT molecular complexity index is 384. The van der Waals surface area contributed by atoms with E-state index in [4.69, 9.17) is 11.6 Å². The van der Waals surface area contributed by atoms with Gasteiger partial charge in [0.15, 0.2) is 0 Å². The highest BCUT2D eigenvalue weighted by Gasteiger charge is 2.16. The Kier molecular flexibility index (Phi) is 4.90. The first-order valence-electron chi connectivity index (χ1n) is 6.94. The van der Waals surface area contributed by atoms with Crippen LogP contribution in [0.15, 0.2) is 18.2 Å². The van der Waals surface area contributed by atoms with E-state index in [2.05, 4.69) is 42.3 Å². The summed E-state index contributed by atoms with van der Waals surface area (Å²) in [4.78, 5) is 2.45. The molecule has 1 aromatic carbocycles. The number of hydrogen-bond acceptors (Lipinski definition) is 2. The minimum absolute atomic E-state index is 0.854. The third kappa shape index (κ3) is 3.39. The maximum atomic E-state index is 6.35. The molecule has 1 aromatic rings. The van der Waals surface area contributed by atoms with Crippen LogP contribution in [0.2, 0.25) is 5.02 Å². The number of benzene rings is 1. The van der Waals surface area contributed by atoms with Crippen molar-refractivity contribution in [2.45, 2.75) is 33.2 Å². The molecular weight excluding hydrogens is 244 g/mol. The maximum Gasteiger partial charge on any atom is 0.0471 e. The lowest BCUT2D eigenvalue weighted by Crippen LogP contribution is -2.32. The van der Waals surface area contributed by atoms with Crippen LogP contribution in [0.4, 0.5) is 5.69 Å². The van der Waals surface area contributed by atoms with Crippen LogP contribution in [0.1, 0.15) is 32.3 Å². The van der Waals surface area contributed by atoms with E-state index in [0.29, 0.717) is 0 Å². The van der Waals surface area contributed by atoms with Crippen LogP contribution in [-0.2, 0) is 6.54 Å². The zero-order valence-electron chi connectivity index (χ0n) is 11.4. The van der Waals surface area contributed by atoms with Crippen molar-refractivity contribution in [2.24, 2.45) is 5.92 Å². The summed E-state index contributed by atoms with van der Waals surface area (Å²) in [6.07, 6.45) is 2.58. The van der Waals surface area contributed by atoms with Gasteiger partial charge in [0, 0.05) is 30.3 Å². The molecule has 0 spiro atoms. The monoisotopic (exact) mass is 266 g/mol. The van der Waals surface area contributed by atoms with Crippen molar-refractivity contribution in [3.8, 4) is 0 Å². The van der Waals surface area contributed by atoms with Gasteiger partial charge >= 0.3 is 0 Å². The van der Waals surface area contributed by atoms with E-state index in [0.717, 1.165) is 37.1 Å². The predicted molar refractivity (Wildman–Crippen MR) is 79.4 cm³/mol. The van der Waals surface area contributed by atoms with Gasteiger partial charge in [0.2, 0.25) is 0 Å². The molecule has 0 atom stereocenters. The molecule has 0 amide bonds. The van der Waals surface area contributed by atoms with E-state index in [1.165, 1.54) is 24.1 Å². The molecule has 0 bridgehead atoms. The highest BCUT2D eigenvalue weighted by atomic mass is 35.5. The normalized spacial score (nSPS) is 17.2. The van der Waals surface area contributed by atoms with Gasteiger partial charge in [0.25, 0.3) is 0 Å². The van der Waals surface area contributed by atoms with Crippen molar-refractivity contribution < 1.29 is 0 Å². The summed E-state index contributed by atoms with van der Waals surface area (Å²) >= 11 is 6.35. The fourth-order valence-electron chi connectivity index (χ4n) is 2.40. The molecule has 0 aliphatic carbocycles. The Labute approximate surface area is 115 Å². The summed E-state index contributed by atoms with van der Waals surface area (Å²) in [6.45, 7) is 8.59. The van der Waals surface area contributed by atoms with Crippen LogP contribution in [-0.4, -0.2) is 19.6 Å². The molecule has 2 nitrogen and oxygen atoms in total. The fourth-order valence-corrected chi connectivity index (χ4v) is 2.64. The molecule has 1 saturated heterocycles. The van der Waals surface area contributed by atoms with Crippen molar-refractivity contribution in [1.29, 1.82) is 0 Å². The highest BCUT2D eigenvalue weighted by molar-refractivity contribution is 6.31. The van der Waals surface area contributed by atoms with Crippen LogP contribution in [0, 0.1) is 5.92 Å². The van der Waals surface area contributed by atoms with Crippen molar-refractivity contribution in [3.63, 3.8) is 0 Å². The van der Waals surface area contributed by atoms with Crippen molar-refractivity contribution in [2.75, 3.05) is 24.5 Å². The quantitative estimate of drug-likeness (QED) is 0.894. The number of hydrogen-bond donors (Lipinski definition) is 1. The lowest BCUT2D eigenvalue weighted by Gasteiger charge is -2.32. The zero-order valence-corrected chi connectivity index (χ0v) is 12.1. The molecule has 100 valence electrons. The van der Waals surface area contributed by atoms with Crippen LogP contribution in [0.5, 0.6) is 0 Å². The highest BCUT2D eigenvalue weighted by Crippen LogP contribution is 2.27.